The van der Waals surface area contributed by atoms with E-state index in [0.717, 1.165) is 63.7 Å². The molecule has 0 aromatic heterocycles. The van der Waals surface area contributed by atoms with E-state index in [1.54, 1.807) is 0 Å². The number of nitrogens with zero attached hydrogens (tertiary/aromatic N) is 6. The third kappa shape index (κ3) is 24.2. The van der Waals surface area contributed by atoms with Crippen LogP contribution in [-0.4, -0.2) is 76.8 Å². The summed E-state index contributed by atoms with van der Waals surface area (Å²) in [5, 5.41) is 0. The molecule has 0 N–H and O–H groups in total. The first-order valence-corrected chi connectivity index (χ1v) is 27.5. The molecule has 0 radical (unpaired) electrons. The molecule has 5 rings (SSSR count). The Hall–Kier alpha value is -2.54. The van der Waals surface area contributed by atoms with Gasteiger partial charge in [0.1, 0.15) is 0 Å². The quantitative estimate of drug-likeness (QED) is 0.0534. The van der Waals surface area contributed by atoms with E-state index in [2.05, 4.69) is 206 Å². The Kier molecular flexibility index (Phi) is 45.3. The molecule has 0 heterocycles. The summed E-state index contributed by atoms with van der Waals surface area (Å²) in [6.45, 7) is 27.1. The molecule has 418 valence electrons. The third-order valence-electron chi connectivity index (χ3n) is 13.5. The van der Waals surface area contributed by atoms with Gasteiger partial charge >= 0.3 is 24.4 Å². The number of benzene rings is 5. The summed E-state index contributed by atoms with van der Waals surface area (Å²) in [6, 6.07) is 46.7. The first-order valence-electron chi connectivity index (χ1n) is 27.5. The molecule has 0 unspecified atom stereocenters. The maximum Gasteiger partial charge on any atom is 5.00 e. The third-order valence-corrected chi connectivity index (χ3v) is 13.5. The van der Waals surface area contributed by atoms with Gasteiger partial charge in [-0.25, -0.2) is 0 Å². The van der Waals surface area contributed by atoms with Crippen molar-refractivity contribution in [3.05, 3.63) is 121 Å². The second-order valence-electron chi connectivity index (χ2n) is 19.0. The predicted octanol–water partition coefficient (Wildman–Crippen LogP) is -0.104. The van der Waals surface area contributed by atoms with E-state index in [-0.39, 0.29) is 98.9 Å². The molecule has 13 heteroatoms. The number of rotatable bonds is 34. The van der Waals surface area contributed by atoms with Gasteiger partial charge in [0.05, 0.1) is 0 Å². The summed E-state index contributed by atoms with van der Waals surface area (Å²) < 4.78 is 0. The van der Waals surface area contributed by atoms with Gasteiger partial charge < -0.3 is 104 Å². The van der Waals surface area contributed by atoms with E-state index in [1.165, 1.54) is 148 Å². The fourth-order valence-corrected chi connectivity index (χ4v) is 9.17. The van der Waals surface area contributed by atoms with Gasteiger partial charge in [-0.2, -0.15) is 0 Å². The Morgan fingerprint density at radius 1 is 0.200 bits per heavy atom. The van der Waals surface area contributed by atoms with Crippen LogP contribution >= 0.6 is 0 Å². The number of anilines is 10. The minimum absolute atomic E-state index is 0. The number of halogens is 6. The largest absolute Gasteiger partial charge is 5.00 e. The van der Waals surface area contributed by atoms with Crippen molar-refractivity contribution in [2.75, 3.05) is 81.8 Å². The Bertz CT molecular complexity index is 1770. The summed E-state index contributed by atoms with van der Waals surface area (Å²) in [4.78, 5) is 15.2. The molecule has 0 aliphatic heterocycles. The van der Waals surface area contributed by atoms with Crippen molar-refractivity contribution in [3.8, 4) is 0 Å². The number of unbranched alkanes of at least 4 members (excludes halogenated alkanes) is 8. The van der Waals surface area contributed by atoms with Crippen LogP contribution in [0.5, 0.6) is 0 Å². The molecule has 0 saturated carbocycles. The van der Waals surface area contributed by atoms with Gasteiger partial charge in [0.25, 0.3) is 0 Å². The molecule has 0 aliphatic rings. The van der Waals surface area contributed by atoms with E-state index < -0.39 is 0 Å². The van der Waals surface area contributed by atoms with E-state index in [0.29, 0.717) is 0 Å². The Labute approximate surface area is 512 Å². The van der Waals surface area contributed by atoms with Gasteiger partial charge in [0.2, 0.25) is 0 Å². The summed E-state index contributed by atoms with van der Waals surface area (Å²) in [7, 11) is 0. The molecule has 0 bridgehead atoms. The number of hydrogen-bond acceptors (Lipinski definition) is 6. The van der Waals surface area contributed by atoms with E-state index in [4.69, 9.17) is 0 Å². The van der Waals surface area contributed by atoms with Crippen molar-refractivity contribution in [1.82, 2.24) is 0 Å². The SMILES string of the molecule is CCCCN(CCCC)c1ccc(N(c2ccc(N(CCCC)CCCC)cc2)c2ccc(N(c3ccc(N(CCCC)CCCC)cc3)c3ccc(N(CCCC)CCCC)cc3)cc2)cc1.[Cl-].[Cl-].[Cl-].[Cl-].[Cl-].[Cl-].[Sb+5]. The Morgan fingerprint density at radius 2 is 0.307 bits per heavy atom. The summed E-state index contributed by atoms with van der Waals surface area (Å²) >= 11 is 0. The molecule has 0 fully saturated rings. The first-order chi connectivity index (χ1) is 33.4. The summed E-state index contributed by atoms with van der Waals surface area (Å²) in [6.07, 6.45) is 19.3. The standard InChI is InChI=1S/C62H92N6.6ClH.Sb/c1-9-17-45-63(46-18-10-2)53-25-33-57(34-26-53)67(58-35-27-54(28-36-58)64(47-19-11-3)48-20-12-4)61-41-43-62(44-42-61)68(59-37-29-55(30-38-59)65(49-21-13-5)50-22-14-6)60-39-31-56(32-40-60)66(51-23-15-7)52-24-16-8;;;;;;;/h25-44H,9-24,45-52H2,1-8H3;6*1H;/q;;;;;;;+5/p-6. The van der Waals surface area contributed by atoms with Crippen molar-refractivity contribution < 1.29 is 74.4 Å². The van der Waals surface area contributed by atoms with Gasteiger partial charge in [-0.3, -0.25) is 0 Å². The molecule has 75 heavy (non-hydrogen) atoms. The zero-order valence-electron chi connectivity index (χ0n) is 46.9. The molecule has 0 amide bonds. The fraction of sp³-hybridized carbons (Fsp3) is 0.516. The van der Waals surface area contributed by atoms with Gasteiger partial charge in [-0.15, -0.1) is 0 Å². The molecule has 0 saturated heterocycles. The molecule has 0 aliphatic carbocycles. The summed E-state index contributed by atoms with van der Waals surface area (Å²) in [5.74, 6) is 0. The van der Waals surface area contributed by atoms with Crippen LogP contribution in [0.15, 0.2) is 121 Å². The van der Waals surface area contributed by atoms with Crippen molar-refractivity contribution in [2.45, 2.75) is 158 Å². The molecule has 6 nitrogen and oxygen atoms in total. The Morgan fingerprint density at radius 3 is 0.413 bits per heavy atom. The van der Waals surface area contributed by atoms with E-state index in [9.17, 15) is 0 Å². The maximum atomic E-state index is 2.58. The molecule has 0 spiro atoms. The first kappa shape index (κ1) is 76.7. The summed E-state index contributed by atoms with van der Waals surface area (Å²) in [5.41, 5.74) is 12.2. The van der Waals surface area contributed by atoms with Crippen molar-refractivity contribution in [3.63, 3.8) is 0 Å². The van der Waals surface area contributed by atoms with Crippen LogP contribution in [-0.2, 0) is 0 Å². The molecule has 0 atom stereocenters. The minimum atomic E-state index is 0. The van der Waals surface area contributed by atoms with E-state index >= 15 is 0 Å². The molecule has 5 aromatic carbocycles. The monoisotopic (exact) mass is 1250 g/mol. The van der Waals surface area contributed by atoms with Crippen LogP contribution in [0.25, 0.3) is 0 Å². The van der Waals surface area contributed by atoms with Crippen molar-refractivity contribution in [2.24, 2.45) is 0 Å². The molecule has 5 aromatic rings. The fourth-order valence-electron chi connectivity index (χ4n) is 9.17. The van der Waals surface area contributed by atoms with Crippen LogP contribution in [0.1, 0.15) is 158 Å². The zero-order valence-corrected chi connectivity index (χ0v) is 54.0. The van der Waals surface area contributed by atoms with Crippen LogP contribution in [0, 0.1) is 0 Å². The van der Waals surface area contributed by atoms with Gasteiger partial charge in [0, 0.05) is 109 Å². The van der Waals surface area contributed by atoms with Crippen molar-refractivity contribution in [1.29, 1.82) is 0 Å². The average Bonchev–Trinajstić information content (AvgIpc) is 3.38. The minimum Gasteiger partial charge on any atom is -1.00 e. The van der Waals surface area contributed by atoms with Gasteiger partial charge in [-0.1, -0.05) is 107 Å². The normalized spacial score (nSPS) is 10.1. The predicted molar refractivity (Wildman–Crippen MR) is 310 cm³/mol. The Balaban J connectivity index is -0.00000741. The van der Waals surface area contributed by atoms with E-state index in [1.807, 2.05) is 0 Å². The second kappa shape index (κ2) is 44.3. The van der Waals surface area contributed by atoms with Crippen LogP contribution in [0.3, 0.4) is 0 Å². The maximum absolute atomic E-state index is 2.58. The van der Waals surface area contributed by atoms with Crippen LogP contribution in [0.2, 0.25) is 0 Å². The smallest absolute Gasteiger partial charge is 1.00 e. The van der Waals surface area contributed by atoms with Gasteiger partial charge in [-0.05, 0) is 173 Å². The van der Waals surface area contributed by atoms with Crippen molar-refractivity contribution >= 4 is 81.3 Å². The topological polar surface area (TPSA) is 19.4 Å². The molecular weight excluding hydrogens is 1160 g/mol. The van der Waals surface area contributed by atoms with Gasteiger partial charge in [0.15, 0.2) is 0 Å². The van der Waals surface area contributed by atoms with Crippen LogP contribution in [0.4, 0.5) is 56.9 Å². The second-order valence-corrected chi connectivity index (χ2v) is 19.0. The average molecular weight is 1260 g/mol. The van der Waals surface area contributed by atoms with Crippen LogP contribution < -0.4 is 104 Å². The zero-order chi connectivity index (χ0) is 48.4. The molecular formula is C62H92Cl6N6Sb-. The number of hydrogen-bond donors (Lipinski definition) is 0.